The summed E-state index contributed by atoms with van der Waals surface area (Å²) in [5.74, 6) is 0. The number of nitrogens with zero attached hydrogens (tertiary/aromatic N) is 2. The maximum atomic E-state index is 5.50. The molecular formula is C9H7BrIN3S. The molecule has 2 N–H and O–H groups in total. The van der Waals surface area contributed by atoms with Crippen LogP contribution in [0.5, 0.6) is 0 Å². The molecule has 0 atom stereocenters. The first kappa shape index (κ1) is 11.4. The zero-order chi connectivity index (χ0) is 10.8. The van der Waals surface area contributed by atoms with Crippen molar-refractivity contribution in [1.29, 1.82) is 0 Å². The molecule has 2 aromatic rings. The Kier molecular flexibility index (Phi) is 3.70. The van der Waals surface area contributed by atoms with Crippen LogP contribution in [0.15, 0.2) is 22.7 Å². The average Bonchev–Trinajstić information content (AvgIpc) is 2.70. The van der Waals surface area contributed by atoms with Crippen LogP contribution in [-0.4, -0.2) is 10.2 Å². The SMILES string of the molecule is NCc1nnc(-c2cc(I)ccc2Br)s1. The Morgan fingerprint density at radius 1 is 1.40 bits per heavy atom. The molecule has 6 heteroatoms. The van der Waals surface area contributed by atoms with E-state index in [0.29, 0.717) is 6.54 Å². The molecule has 0 saturated carbocycles. The lowest BCUT2D eigenvalue weighted by atomic mass is 10.2. The lowest BCUT2D eigenvalue weighted by molar-refractivity contribution is 0.960. The van der Waals surface area contributed by atoms with E-state index in [-0.39, 0.29) is 0 Å². The van der Waals surface area contributed by atoms with E-state index in [1.54, 1.807) is 0 Å². The molecule has 15 heavy (non-hydrogen) atoms. The molecule has 0 amide bonds. The number of aromatic nitrogens is 2. The number of benzene rings is 1. The summed E-state index contributed by atoms with van der Waals surface area (Å²) in [5, 5.41) is 9.88. The lowest BCUT2D eigenvalue weighted by Crippen LogP contribution is -1.94. The van der Waals surface area contributed by atoms with Crippen LogP contribution in [0.4, 0.5) is 0 Å². The van der Waals surface area contributed by atoms with Crippen LogP contribution in [0.25, 0.3) is 10.6 Å². The number of hydrogen-bond donors (Lipinski definition) is 1. The molecule has 2 rings (SSSR count). The van der Waals surface area contributed by atoms with Gasteiger partial charge < -0.3 is 5.73 Å². The smallest absolute Gasteiger partial charge is 0.149 e. The van der Waals surface area contributed by atoms with Crippen molar-refractivity contribution in [3.05, 3.63) is 31.2 Å². The van der Waals surface area contributed by atoms with Crippen molar-refractivity contribution in [2.24, 2.45) is 5.73 Å². The Bertz CT molecular complexity index is 486. The first-order chi connectivity index (χ1) is 7.20. The minimum atomic E-state index is 0.444. The van der Waals surface area contributed by atoms with Gasteiger partial charge in [-0.1, -0.05) is 27.3 Å². The van der Waals surface area contributed by atoms with E-state index in [4.69, 9.17) is 5.73 Å². The van der Waals surface area contributed by atoms with Gasteiger partial charge in [-0.3, -0.25) is 0 Å². The molecule has 0 aliphatic rings. The lowest BCUT2D eigenvalue weighted by Gasteiger charge is -1.99. The molecule has 0 radical (unpaired) electrons. The highest BCUT2D eigenvalue weighted by molar-refractivity contribution is 14.1. The molecule has 1 aromatic heterocycles. The first-order valence-electron chi connectivity index (χ1n) is 4.18. The fourth-order valence-electron chi connectivity index (χ4n) is 1.11. The van der Waals surface area contributed by atoms with Crippen molar-refractivity contribution in [3.8, 4) is 10.6 Å². The van der Waals surface area contributed by atoms with Gasteiger partial charge >= 0.3 is 0 Å². The molecule has 0 bridgehead atoms. The average molecular weight is 396 g/mol. The second-order valence-electron chi connectivity index (χ2n) is 2.83. The summed E-state index contributed by atoms with van der Waals surface area (Å²) in [6.07, 6.45) is 0. The molecule has 3 nitrogen and oxygen atoms in total. The Labute approximate surface area is 113 Å². The molecular weight excluding hydrogens is 389 g/mol. The summed E-state index contributed by atoms with van der Waals surface area (Å²) < 4.78 is 2.21. The zero-order valence-corrected chi connectivity index (χ0v) is 12.1. The summed E-state index contributed by atoms with van der Waals surface area (Å²) in [6.45, 7) is 0.444. The summed E-state index contributed by atoms with van der Waals surface area (Å²) >= 11 is 7.31. The summed E-state index contributed by atoms with van der Waals surface area (Å²) in [7, 11) is 0. The maximum Gasteiger partial charge on any atom is 0.149 e. The highest BCUT2D eigenvalue weighted by Crippen LogP contribution is 2.31. The minimum Gasteiger partial charge on any atom is -0.324 e. The number of hydrogen-bond acceptors (Lipinski definition) is 4. The third-order valence-corrected chi connectivity index (χ3v) is 4.14. The molecule has 0 fully saturated rings. The summed E-state index contributed by atoms with van der Waals surface area (Å²) in [4.78, 5) is 0. The van der Waals surface area contributed by atoms with Gasteiger partial charge in [0.1, 0.15) is 10.0 Å². The number of halogens is 2. The van der Waals surface area contributed by atoms with E-state index in [1.807, 2.05) is 12.1 Å². The van der Waals surface area contributed by atoms with Crippen molar-refractivity contribution < 1.29 is 0 Å². The second-order valence-corrected chi connectivity index (χ2v) is 5.99. The van der Waals surface area contributed by atoms with Gasteiger partial charge in [-0.2, -0.15) is 0 Å². The molecule has 0 spiro atoms. The van der Waals surface area contributed by atoms with Gasteiger partial charge in [-0.15, -0.1) is 10.2 Å². The Hall–Kier alpha value is -0.0500. The first-order valence-corrected chi connectivity index (χ1v) is 6.87. The molecule has 0 unspecified atom stereocenters. The van der Waals surface area contributed by atoms with Crippen molar-refractivity contribution in [1.82, 2.24) is 10.2 Å². The predicted octanol–water partition coefficient (Wildman–Crippen LogP) is 3.03. The standard InChI is InChI=1S/C9H7BrIN3S/c10-7-2-1-5(11)3-6(7)9-14-13-8(4-12)15-9/h1-3H,4,12H2. The van der Waals surface area contributed by atoms with Crippen LogP contribution in [0.1, 0.15) is 5.01 Å². The Morgan fingerprint density at radius 3 is 2.87 bits per heavy atom. The Balaban J connectivity index is 2.48. The monoisotopic (exact) mass is 395 g/mol. The van der Waals surface area contributed by atoms with Crippen LogP contribution in [-0.2, 0) is 6.54 Å². The van der Waals surface area contributed by atoms with Crippen LogP contribution in [0, 0.1) is 3.57 Å². The quantitative estimate of drug-likeness (QED) is 0.795. The number of rotatable bonds is 2. The Morgan fingerprint density at radius 2 is 2.20 bits per heavy atom. The molecule has 78 valence electrons. The molecule has 0 aliphatic carbocycles. The largest absolute Gasteiger partial charge is 0.324 e. The van der Waals surface area contributed by atoms with E-state index in [2.05, 4.69) is 54.8 Å². The van der Waals surface area contributed by atoms with Gasteiger partial charge in [0.15, 0.2) is 0 Å². The van der Waals surface area contributed by atoms with Gasteiger partial charge in [0.25, 0.3) is 0 Å². The zero-order valence-electron chi connectivity index (χ0n) is 7.58. The van der Waals surface area contributed by atoms with Gasteiger partial charge in [0.2, 0.25) is 0 Å². The van der Waals surface area contributed by atoms with Gasteiger partial charge in [0.05, 0.1) is 0 Å². The topological polar surface area (TPSA) is 51.8 Å². The van der Waals surface area contributed by atoms with Crippen molar-refractivity contribution in [2.75, 3.05) is 0 Å². The van der Waals surface area contributed by atoms with Crippen LogP contribution < -0.4 is 5.73 Å². The second kappa shape index (κ2) is 4.86. The van der Waals surface area contributed by atoms with Gasteiger partial charge in [-0.05, 0) is 40.8 Å². The molecule has 1 aromatic carbocycles. The van der Waals surface area contributed by atoms with Crippen LogP contribution in [0.2, 0.25) is 0 Å². The highest BCUT2D eigenvalue weighted by atomic mass is 127. The molecule has 1 heterocycles. The van der Waals surface area contributed by atoms with Gasteiger partial charge in [-0.25, -0.2) is 0 Å². The van der Waals surface area contributed by atoms with E-state index < -0.39 is 0 Å². The maximum absolute atomic E-state index is 5.50. The fraction of sp³-hybridized carbons (Fsp3) is 0.111. The molecule has 0 aliphatic heterocycles. The van der Waals surface area contributed by atoms with Crippen LogP contribution in [0.3, 0.4) is 0 Å². The van der Waals surface area contributed by atoms with E-state index in [9.17, 15) is 0 Å². The predicted molar refractivity (Wildman–Crippen MR) is 73.7 cm³/mol. The summed E-state index contributed by atoms with van der Waals surface area (Å²) in [5.41, 5.74) is 6.57. The van der Waals surface area contributed by atoms with Crippen molar-refractivity contribution >= 4 is 49.9 Å². The summed E-state index contributed by atoms with van der Waals surface area (Å²) in [6, 6.07) is 6.13. The van der Waals surface area contributed by atoms with Crippen molar-refractivity contribution in [2.45, 2.75) is 6.54 Å². The van der Waals surface area contributed by atoms with E-state index >= 15 is 0 Å². The third-order valence-electron chi connectivity index (χ3n) is 1.80. The highest BCUT2D eigenvalue weighted by Gasteiger charge is 2.09. The van der Waals surface area contributed by atoms with Crippen LogP contribution >= 0.6 is 49.9 Å². The normalized spacial score (nSPS) is 10.6. The van der Waals surface area contributed by atoms with E-state index in [0.717, 1.165) is 20.1 Å². The molecule has 0 saturated heterocycles. The minimum absolute atomic E-state index is 0.444. The fourth-order valence-corrected chi connectivity index (χ4v) is 2.91. The van der Waals surface area contributed by atoms with Gasteiger partial charge in [0, 0.05) is 20.2 Å². The van der Waals surface area contributed by atoms with Crippen molar-refractivity contribution in [3.63, 3.8) is 0 Å². The number of nitrogens with two attached hydrogens (primary N) is 1. The third kappa shape index (κ3) is 2.55. The van der Waals surface area contributed by atoms with E-state index in [1.165, 1.54) is 14.9 Å².